The maximum atomic E-state index is 13.1. The Morgan fingerprint density at radius 3 is 1.98 bits per heavy atom. The van der Waals surface area contributed by atoms with Crippen molar-refractivity contribution in [2.24, 2.45) is 5.92 Å². The van der Waals surface area contributed by atoms with E-state index in [0.717, 1.165) is 12.8 Å². The minimum absolute atomic E-state index is 0.0420. The van der Waals surface area contributed by atoms with Crippen molar-refractivity contribution in [3.05, 3.63) is 118 Å². The van der Waals surface area contributed by atoms with Crippen molar-refractivity contribution in [2.45, 2.75) is 48.9 Å². The number of sulfonamides is 2. The van der Waals surface area contributed by atoms with Gasteiger partial charge in [-0.2, -0.15) is 0 Å². The van der Waals surface area contributed by atoms with E-state index in [2.05, 4.69) is 9.44 Å². The summed E-state index contributed by atoms with van der Waals surface area (Å²) in [7, 11) is -7.67. The van der Waals surface area contributed by atoms with Gasteiger partial charge in [0.05, 0.1) is 21.9 Å². The molecule has 0 amide bonds. The summed E-state index contributed by atoms with van der Waals surface area (Å²) < 4.78 is 61.0. The van der Waals surface area contributed by atoms with E-state index in [-0.39, 0.29) is 39.3 Å². The predicted octanol–water partition coefficient (Wildman–Crippen LogP) is 5.19. The minimum atomic E-state index is -3.85. The second-order valence-electron chi connectivity index (χ2n) is 9.30. The standard InChI is InChI=1S/C28H26N2O7S2.C2H6/c31-25-17-22(18-29-38(33,34)23-10-3-1-4-11-23)37-28(32)27(25)26(19-14-15-19)20-8-7-9-21(16-20)30-39(35,36)24-12-5-2-6-13-24;1-2/h1-13,16-17,19,26,29-31H,14-15,18H2;1-2H3. The molecule has 1 heterocycles. The van der Waals surface area contributed by atoms with E-state index in [1.807, 2.05) is 13.8 Å². The van der Waals surface area contributed by atoms with Gasteiger partial charge in [0, 0.05) is 17.7 Å². The van der Waals surface area contributed by atoms with Gasteiger partial charge in [-0.1, -0.05) is 62.4 Å². The highest BCUT2D eigenvalue weighted by molar-refractivity contribution is 7.92. The van der Waals surface area contributed by atoms with Gasteiger partial charge < -0.3 is 9.52 Å². The molecule has 216 valence electrons. The molecule has 1 aliphatic rings. The van der Waals surface area contributed by atoms with E-state index in [0.29, 0.717) is 11.3 Å². The Morgan fingerprint density at radius 2 is 1.41 bits per heavy atom. The Hall–Kier alpha value is -3.93. The van der Waals surface area contributed by atoms with Gasteiger partial charge in [-0.3, -0.25) is 4.72 Å². The van der Waals surface area contributed by atoms with E-state index in [1.165, 1.54) is 30.3 Å². The van der Waals surface area contributed by atoms with Crippen LogP contribution in [-0.2, 0) is 26.6 Å². The summed E-state index contributed by atoms with van der Waals surface area (Å²) in [6.45, 7) is 3.67. The molecule has 1 unspecified atom stereocenters. The normalized spacial score (nSPS) is 14.0. The zero-order chi connectivity index (χ0) is 29.6. The van der Waals surface area contributed by atoms with Crippen molar-refractivity contribution in [1.29, 1.82) is 0 Å². The molecule has 1 aliphatic carbocycles. The van der Waals surface area contributed by atoms with E-state index in [1.54, 1.807) is 60.7 Å². The molecular weight excluding hydrogens is 564 g/mol. The van der Waals surface area contributed by atoms with Crippen LogP contribution in [0.1, 0.15) is 49.5 Å². The van der Waals surface area contributed by atoms with E-state index < -0.39 is 31.6 Å². The highest BCUT2D eigenvalue weighted by Crippen LogP contribution is 2.48. The highest BCUT2D eigenvalue weighted by atomic mass is 32.2. The lowest BCUT2D eigenvalue weighted by molar-refractivity contribution is 0.401. The predicted molar refractivity (Wildman–Crippen MR) is 157 cm³/mol. The maximum Gasteiger partial charge on any atom is 0.343 e. The van der Waals surface area contributed by atoms with Gasteiger partial charge in [-0.05, 0) is 60.7 Å². The lowest BCUT2D eigenvalue weighted by Crippen LogP contribution is -2.24. The van der Waals surface area contributed by atoms with Crippen molar-refractivity contribution < 1.29 is 26.4 Å². The summed E-state index contributed by atoms with van der Waals surface area (Å²) in [6.07, 6.45) is 1.64. The molecule has 1 saturated carbocycles. The summed E-state index contributed by atoms with van der Waals surface area (Å²) in [6, 6.07) is 23.7. The van der Waals surface area contributed by atoms with Crippen LogP contribution in [0.15, 0.2) is 110 Å². The topological polar surface area (TPSA) is 143 Å². The Morgan fingerprint density at radius 1 is 0.829 bits per heavy atom. The zero-order valence-electron chi connectivity index (χ0n) is 22.6. The van der Waals surface area contributed by atoms with E-state index in [4.69, 9.17) is 4.42 Å². The van der Waals surface area contributed by atoms with Gasteiger partial charge in [-0.15, -0.1) is 0 Å². The largest absolute Gasteiger partial charge is 0.507 e. The Labute approximate surface area is 240 Å². The molecule has 3 N–H and O–H groups in total. The molecule has 0 saturated heterocycles. The van der Waals surface area contributed by atoms with Crippen molar-refractivity contribution in [3.63, 3.8) is 0 Å². The molecule has 0 aliphatic heterocycles. The van der Waals surface area contributed by atoms with Gasteiger partial charge in [0.1, 0.15) is 11.5 Å². The van der Waals surface area contributed by atoms with Crippen molar-refractivity contribution in [2.75, 3.05) is 4.72 Å². The molecule has 4 aromatic rings. The fourth-order valence-corrected chi connectivity index (χ4v) is 6.56. The van der Waals surface area contributed by atoms with Crippen LogP contribution in [0.4, 0.5) is 5.69 Å². The number of anilines is 1. The molecule has 1 atom stereocenters. The Kier molecular flexibility index (Phi) is 9.31. The monoisotopic (exact) mass is 596 g/mol. The number of nitrogens with one attached hydrogen (secondary N) is 2. The summed E-state index contributed by atoms with van der Waals surface area (Å²) in [5, 5.41) is 10.9. The zero-order valence-corrected chi connectivity index (χ0v) is 24.3. The molecule has 0 radical (unpaired) electrons. The first kappa shape index (κ1) is 30.0. The summed E-state index contributed by atoms with van der Waals surface area (Å²) in [5.74, 6) is -0.827. The molecule has 41 heavy (non-hydrogen) atoms. The van der Waals surface area contributed by atoms with Crippen LogP contribution in [0.2, 0.25) is 0 Å². The van der Waals surface area contributed by atoms with Crippen LogP contribution in [0, 0.1) is 5.92 Å². The van der Waals surface area contributed by atoms with Crippen molar-refractivity contribution >= 4 is 25.7 Å². The smallest absolute Gasteiger partial charge is 0.343 e. The average molecular weight is 597 g/mol. The molecule has 9 nitrogen and oxygen atoms in total. The molecule has 0 bridgehead atoms. The number of benzene rings is 3. The quantitative estimate of drug-likeness (QED) is 0.229. The summed E-state index contributed by atoms with van der Waals surface area (Å²) in [4.78, 5) is 13.3. The molecule has 0 spiro atoms. The number of rotatable bonds is 10. The van der Waals surface area contributed by atoms with Crippen LogP contribution in [0.25, 0.3) is 0 Å². The third-order valence-electron chi connectivity index (χ3n) is 6.46. The van der Waals surface area contributed by atoms with Gasteiger partial charge in [0.15, 0.2) is 0 Å². The molecule has 3 aromatic carbocycles. The minimum Gasteiger partial charge on any atom is -0.507 e. The van der Waals surface area contributed by atoms with Crippen LogP contribution in [0.5, 0.6) is 5.75 Å². The fourth-order valence-electron chi connectivity index (χ4n) is 4.47. The fraction of sp³-hybridized carbons (Fsp3) is 0.233. The van der Waals surface area contributed by atoms with Crippen LogP contribution in [0.3, 0.4) is 0 Å². The SMILES string of the molecule is CC.O=c1oc(CNS(=O)(=O)c2ccccc2)cc(O)c1C(c1cccc(NS(=O)(=O)c2ccccc2)c1)C1CC1. The molecule has 1 aromatic heterocycles. The Balaban J connectivity index is 0.00000189. The van der Waals surface area contributed by atoms with Gasteiger partial charge in [0.2, 0.25) is 10.0 Å². The molecule has 1 fully saturated rings. The van der Waals surface area contributed by atoms with Gasteiger partial charge in [-0.25, -0.2) is 26.4 Å². The summed E-state index contributed by atoms with van der Waals surface area (Å²) >= 11 is 0. The lowest BCUT2D eigenvalue weighted by atomic mass is 9.87. The molecular formula is C30H32N2O7S2. The second kappa shape index (κ2) is 12.7. The average Bonchev–Trinajstić information content (AvgIpc) is 3.81. The van der Waals surface area contributed by atoms with Crippen molar-refractivity contribution in [1.82, 2.24) is 4.72 Å². The second-order valence-corrected chi connectivity index (χ2v) is 12.7. The first-order chi connectivity index (χ1) is 19.6. The summed E-state index contributed by atoms with van der Waals surface area (Å²) in [5.41, 5.74) is 0.232. The number of aromatic hydroxyl groups is 1. The van der Waals surface area contributed by atoms with Crippen molar-refractivity contribution in [3.8, 4) is 5.75 Å². The third-order valence-corrected chi connectivity index (χ3v) is 9.28. The number of hydrogen-bond acceptors (Lipinski definition) is 7. The third kappa shape index (κ3) is 7.24. The van der Waals surface area contributed by atoms with Crippen LogP contribution >= 0.6 is 0 Å². The molecule has 5 rings (SSSR count). The molecule has 11 heteroatoms. The van der Waals surface area contributed by atoms with Crippen LogP contribution in [-0.4, -0.2) is 21.9 Å². The Bertz CT molecular complexity index is 1750. The first-order valence-electron chi connectivity index (χ1n) is 13.2. The maximum absolute atomic E-state index is 13.1. The van der Waals surface area contributed by atoms with Gasteiger partial charge in [0.25, 0.3) is 10.0 Å². The van der Waals surface area contributed by atoms with Gasteiger partial charge >= 0.3 is 5.63 Å². The van der Waals surface area contributed by atoms with E-state index >= 15 is 0 Å². The number of hydrogen-bond donors (Lipinski definition) is 3. The van der Waals surface area contributed by atoms with E-state index in [9.17, 15) is 26.7 Å². The highest BCUT2D eigenvalue weighted by Gasteiger charge is 2.37. The van der Waals surface area contributed by atoms with Crippen LogP contribution < -0.4 is 15.1 Å². The first-order valence-corrected chi connectivity index (χ1v) is 16.2. The lowest BCUT2D eigenvalue weighted by Gasteiger charge is -2.19.